The van der Waals surface area contributed by atoms with Crippen LogP contribution in [0.15, 0.2) is 11.6 Å². The van der Waals surface area contributed by atoms with Gasteiger partial charge in [0, 0.05) is 25.2 Å². The normalized spacial score (nSPS) is 11.6. The van der Waals surface area contributed by atoms with Gasteiger partial charge in [-0.1, -0.05) is 6.08 Å². The molecule has 0 bridgehead atoms. The molecule has 0 aromatic rings. The molecule has 0 rings (SSSR count). The van der Waals surface area contributed by atoms with Gasteiger partial charge < -0.3 is 9.64 Å². The van der Waals surface area contributed by atoms with Crippen LogP contribution in [0, 0.1) is 0 Å². The lowest BCUT2D eigenvalue weighted by molar-refractivity contribution is -0.136. The molecule has 0 heterocycles. The molecule has 0 saturated heterocycles. The zero-order valence-electron chi connectivity index (χ0n) is 12.0. The van der Waals surface area contributed by atoms with Crippen molar-refractivity contribution in [1.29, 1.82) is 0 Å². The molecule has 5 heteroatoms. The molecule has 0 spiro atoms. The number of nitrogens with zero attached hydrogens (tertiary/aromatic N) is 2. The van der Waals surface area contributed by atoms with Crippen LogP contribution in [0.2, 0.25) is 0 Å². The van der Waals surface area contributed by atoms with E-state index in [0.717, 1.165) is 13.1 Å². The van der Waals surface area contributed by atoms with Crippen molar-refractivity contribution in [3.8, 4) is 0 Å². The largest absolute Gasteiger partial charge is 0.466 e. The molecule has 104 valence electrons. The fourth-order valence-corrected chi connectivity index (χ4v) is 1.51. The first kappa shape index (κ1) is 16.6. The Labute approximate surface area is 109 Å². The zero-order valence-corrected chi connectivity index (χ0v) is 12.0. The van der Waals surface area contributed by atoms with Gasteiger partial charge in [-0.3, -0.25) is 9.69 Å². The fourth-order valence-electron chi connectivity index (χ4n) is 1.51. The van der Waals surface area contributed by atoms with E-state index in [4.69, 9.17) is 0 Å². The van der Waals surface area contributed by atoms with Crippen LogP contribution < -0.4 is 0 Å². The topological polar surface area (TPSA) is 49.9 Å². The molecular formula is C13H24N2O3. The maximum Gasteiger partial charge on any atom is 0.333 e. The molecule has 0 N–H and O–H groups in total. The zero-order chi connectivity index (χ0) is 14.1. The Morgan fingerprint density at radius 2 is 1.78 bits per heavy atom. The first-order chi connectivity index (χ1) is 8.46. The van der Waals surface area contributed by atoms with Crippen LogP contribution in [0.25, 0.3) is 0 Å². The Morgan fingerprint density at radius 1 is 1.22 bits per heavy atom. The lowest BCUT2D eigenvalue weighted by Crippen LogP contribution is -2.38. The number of amides is 1. The number of ether oxygens (including phenoxy) is 1. The van der Waals surface area contributed by atoms with Crippen molar-refractivity contribution in [3.05, 3.63) is 11.6 Å². The molecule has 0 unspecified atom stereocenters. The summed E-state index contributed by atoms with van der Waals surface area (Å²) in [5.41, 5.74) is 0.555. The van der Waals surface area contributed by atoms with Gasteiger partial charge in [-0.15, -0.1) is 0 Å². The number of rotatable bonds is 7. The van der Waals surface area contributed by atoms with Gasteiger partial charge in [-0.2, -0.15) is 0 Å². The second-order valence-corrected chi connectivity index (χ2v) is 4.14. The Balaban J connectivity index is 4.23. The molecule has 0 aliphatic heterocycles. The van der Waals surface area contributed by atoms with Gasteiger partial charge in [0.15, 0.2) is 0 Å². The highest BCUT2D eigenvalue weighted by atomic mass is 16.5. The summed E-state index contributed by atoms with van der Waals surface area (Å²) in [6.45, 7) is 7.97. The van der Waals surface area contributed by atoms with Gasteiger partial charge in [-0.25, -0.2) is 4.79 Å². The summed E-state index contributed by atoms with van der Waals surface area (Å²) in [4.78, 5) is 26.6. The smallest absolute Gasteiger partial charge is 0.333 e. The highest BCUT2D eigenvalue weighted by Crippen LogP contribution is 1.97. The summed E-state index contributed by atoms with van der Waals surface area (Å²) in [7, 11) is 3.20. The third-order valence-corrected chi connectivity index (χ3v) is 2.74. The maximum absolute atomic E-state index is 11.8. The van der Waals surface area contributed by atoms with Crippen molar-refractivity contribution in [2.24, 2.45) is 0 Å². The predicted molar refractivity (Wildman–Crippen MR) is 71.2 cm³/mol. The van der Waals surface area contributed by atoms with Gasteiger partial charge in [0.05, 0.1) is 13.7 Å². The minimum Gasteiger partial charge on any atom is -0.466 e. The lowest BCUT2D eigenvalue weighted by Gasteiger charge is -2.22. The van der Waals surface area contributed by atoms with E-state index in [2.05, 4.69) is 4.74 Å². The maximum atomic E-state index is 11.8. The SMILES string of the molecule is CCN(CC)C(=O)CN(C)CC=C(C)C(=O)OC. The Morgan fingerprint density at radius 3 is 2.22 bits per heavy atom. The average molecular weight is 256 g/mol. The van der Waals surface area contributed by atoms with E-state index in [1.165, 1.54) is 7.11 Å². The predicted octanol–water partition coefficient (Wildman–Crippen LogP) is 0.906. The molecule has 0 fully saturated rings. The highest BCUT2D eigenvalue weighted by molar-refractivity contribution is 5.87. The molecule has 0 aliphatic rings. The van der Waals surface area contributed by atoms with Crippen LogP contribution in [0.4, 0.5) is 0 Å². The van der Waals surface area contributed by atoms with Crippen LogP contribution in [-0.2, 0) is 14.3 Å². The number of methoxy groups -OCH3 is 1. The summed E-state index contributed by atoms with van der Waals surface area (Å²) < 4.78 is 4.60. The van der Waals surface area contributed by atoms with E-state index in [1.54, 1.807) is 17.9 Å². The first-order valence-corrected chi connectivity index (χ1v) is 6.17. The summed E-state index contributed by atoms with van der Waals surface area (Å²) in [5, 5.41) is 0. The molecular weight excluding hydrogens is 232 g/mol. The van der Waals surface area contributed by atoms with Crippen LogP contribution >= 0.6 is 0 Å². The van der Waals surface area contributed by atoms with Crippen LogP contribution in [0.3, 0.4) is 0 Å². The number of hydrogen-bond donors (Lipinski definition) is 0. The molecule has 0 saturated carbocycles. The standard InChI is InChI=1S/C13H24N2O3/c1-6-15(7-2)12(16)10-14(4)9-8-11(3)13(17)18-5/h8H,6-7,9-10H2,1-5H3. The number of carbonyl (C=O) groups excluding carboxylic acids is 2. The van der Waals surface area contributed by atoms with Crippen molar-refractivity contribution >= 4 is 11.9 Å². The Hall–Kier alpha value is -1.36. The second kappa shape index (κ2) is 8.69. The molecule has 0 atom stereocenters. The highest BCUT2D eigenvalue weighted by Gasteiger charge is 2.11. The average Bonchev–Trinajstić information content (AvgIpc) is 2.36. The van der Waals surface area contributed by atoms with Crippen molar-refractivity contribution in [2.45, 2.75) is 20.8 Å². The van der Waals surface area contributed by atoms with Gasteiger partial charge in [0.2, 0.25) is 5.91 Å². The molecule has 1 amide bonds. The quantitative estimate of drug-likeness (QED) is 0.502. The molecule has 0 aliphatic carbocycles. The van der Waals surface area contributed by atoms with E-state index in [9.17, 15) is 9.59 Å². The van der Waals surface area contributed by atoms with E-state index in [1.807, 2.05) is 25.8 Å². The van der Waals surface area contributed by atoms with E-state index in [0.29, 0.717) is 18.7 Å². The van der Waals surface area contributed by atoms with Gasteiger partial charge in [-0.05, 0) is 27.8 Å². The van der Waals surface area contributed by atoms with Gasteiger partial charge in [0.25, 0.3) is 0 Å². The first-order valence-electron chi connectivity index (χ1n) is 6.17. The van der Waals surface area contributed by atoms with Gasteiger partial charge >= 0.3 is 5.97 Å². The van der Waals surface area contributed by atoms with Crippen molar-refractivity contribution in [3.63, 3.8) is 0 Å². The van der Waals surface area contributed by atoms with Crippen LogP contribution in [0.1, 0.15) is 20.8 Å². The number of hydrogen-bond acceptors (Lipinski definition) is 4. The van der Waals surface area contributed by atoms with Gasteiger partial charge in [0.1, 0.15) is 0 Å². The van der Waals surface area contributed by atoms with E-state index >= 15 is 0 Å². The number of esters is 1. The van der Waals surface area contributed by atoms with Crippen LogP contribution in [-0.4, -0.2) is 62.0 Å². The van der Waals surface area contributed by atoms with E-state index < -0.39 is 0 Å². The molecule has 18 heavy (non-hydrogen) atoms. The van der Waals surface area contributed by atoms with Crippen molar-refractivity contribution in [1.82, 2.24) is 9.80 Å². The van der Waals surface area contributed by atoms with Crippen LogP contribution in [0.5, 0.6) is 0 Å². The number of carbonyl (C=O) groups is 2. The summed E-state index contributed by atoms with van der Waals surface area (Å²) in [5.74, 6) is -0.231. The molecule has 5 nitrogen and oxygen atoms in total. The lowest BCUT2D eigenvalue weighted by atomic mass is 10.3. The molecule has 0 radical (unpaired) electrons. The monoisotopic (exact) mass is 256 g/mol. The summed E-state index contributed by atoms with van der Waals surface area (Å²) >= 11 is 0. The molecule has 0 aromatic heterocycles. The Bertz CT molecular complexity index is 309. The minimum atomic E-state index is -0.335. The summed E-state index contributed by atoms with van der Waals surface area (Å²) in [6, 6.07) is 0. The van der Waals surface area contributed by atoms with E-state index in [-0.39, 0.29) is 11.9 Å². The number of likely N-dealkylation sites (N-methyl/N-ethyl adjacent to an activating group) is 2. The Kier molecular flexibility index (Phi) is 8.03. The summed E-state index contributed by atoms with van der Waals surface area (Å²) in [6.07, 6.45) is 1.77. The minimum absolute atomic E-state index is 0.103. The second-order valence-electron chi connectivity index (χ2n) is 4.14. The third-order valence-electron chi connectivity index (χ3n) is 2.74. The molecule has 0 aromatic carbocycles. The van der Waals surface area contributed by atoms with Crippen molar-refractivity contribution < 1.29 is 14.3 Å². The third kappa shape index (κ3) is 5.82. The van der Waals surface area contributed by atoms with Crippen molar-refractivity contribution in [2.75, 3.05) is 40.3 Å². The fraction of sp³-hybridized carbons (Fsp3) is 0.692.